The molecule has 2 aliphatic rings. The number of hydrogen-bond acceptors (Lipinski definition) is 5. The standard InChI is InChI=1S/C24H20F6N6O/c25-23(26,27)16-6-1-4-14(12-16)18-8-9-19-20(33-18)36(11-3-10-31-19)21(37)32-17-7-2-5-15(13-17)22(34-35-22)24(28,29)30/h1-2,4-9,12-13,31,34-35H,3,10-11H2,(H,32,37). The minimum absolute atomic E-state index is 0.124. The smallest absolute Gasteiger partial charge is 0.382 e. The number of fused-ring (bicyclic) bond motifs is 1. The third kappa shape index (κ3) is 4.79. The second-order valence-electron chi connectivity index (χ2n) is 8.59. The topological polar surface area (TPSA) is 101 Å². The van der Waals surface area contributed by atoms with E-state index in [0.29, 0.717) is 18.7 Å². The molecular formula is C24H20F6N6O. The third-order valence-electron chi connectivity index (χ3n) is 6.08. The van der Waals surface area contributed by atoms with Gasteiger partial charge < -0.3 is 10.6 Å². The van der Waals surface area contributed by atoms with Gasteiger partial charge in [0.1, 0.15) is 0 Å². The van der Waals surface area contributed by atoms with Gasteiger partial charge in [0.05, 0.1) is 16.9 Å². The maximum Gasteiger partial charge on any atom is 0.426 e. The Labute approximate surface area is 206 Å². The maximum atomic E-state index is 13.4. The summed E-state index contributed by atoms with van der Waals surface area (Å²) < 4.78 is 79.9. The largest absolute Gasteiger partial charge is 0.426 e. The molecule has 0 aliphatic carbocycles. The van der Waals surface area contributed by atoms with Crippen LogP contribution in [-0.4, -0.2) is 30.3 Å². The van der Waals surface area contributed by atoms with Crippen molar-refractivity contribution in [1.82, 2.24) is 15.8 Å². The number of hydrazine groups is 1. The lowest BCUT2D eigenvalue weighted by molar-refractivity contribution is -0.165. The first-order valence-electron chi connectivity index (χ1n) is 11.2. The molecule has 13 heteroatoms. The van der Waals surface area contributed by atoms with Crippen LogP contribution in [0.3, 0.4) is 0 Å². The van der Waals surface area contributed by atoms with E-state index in [2.05, 4.69) is 26.5 Å². The SMILES string of the molecule is O=C(Nc1cccc(C2(C(F)(F)F)NN2)c1)N1CCCNc2ccc(-c3cccc(C(F)(F)F)c3)nc21. The summed E-state index contributed by atoms with van der Waals surface area (Å²) in [7, 11) is 0. The summed E-state index contributed by atoms with van der Waals surface area (Å²) >= 11 is 0. The molecule has 0 radical (unpaired) electrons. The highest BCUT2D eigenvalue weighted by Crippen LogP contribution is 2.42. The molecule has 0 atom stereocenters. The number of carbonyl (C=O) groups is 1. The summed E-state index contributed by atoms with van der Waals surface area (Å²) in [5, 5.41) is 5.74. The second-order valence-corrected chi connectivity index (χ2v) is 8.59. The highest BCUT2D eigenvalue weighted by molar-refractivity contribution is 6.03. The van der Waals surface area contributed by atoms with Gasteiger partial charge in [-0.3, -0.25) is 4.90 Å². The Bertz CT molecular complexity index is 1340. The number of amides is 2. The number of rotatable bonds is 3. The first-order chi connectivity index (χ1) is 17.5. The number of carbonyl (C=O) groups excluding carboxylic acids is 1. The van der Waals surface area contributed by atoms with Crippen LogP contribution >= 0.6 is 0 Å². The Morgan fingerprint density at radius 1 is 0.973 bits per heavy atom. The molecule has 2 amide bonds. The molecule has 7 nitrogen and oxygen atoms in total. The van der Waals surface area contributed by atoms with Gasteiger partial charge in [-0.15, -0.1) is 0 Å². The average molecular weight is 522 g/mol. The van der Waals surface area contributed by atoms with Crippen LogP contribution in [0.15, 0.2) is 60.7 Å². The minimum Gasteiger partial charge on any atom is -0.382 e. The summed E-state index contributed by atoms with van der Waals surface area (Å²) in [5.41, 5.74) is 1.98. The highest BCUT2D eigenvalue weighted by atomic mass is 19.4. The lowest BCUT2D eigenvalue weighted by Gasteiger charge is -2.23. The van der Waals surface area contributed by atoms with Crippen molar-refractivity contribution in [3.63, 3.8) is 0 Å². The van der Waals surface area contributed by atoms with E-state index in [1.54, 1.807) is 12.1 Å². The molecule has 3 heterocycles. The molecule has 1 aromatic heterocycles. The van der Waals surface area contributed by atoms with E-state index in [4.69, 9.17) is 0 Å². The van der Waals surface area contributed by atoms with Gasteiger partial charge in [0.25, 0.3) is 0 Å². The fourth-order valence-corrected chi connectivity index (χ4v) is 4.11. The van der Waals surface area contributed by atoms with E-state index in [-0.39, 0.29) is 34.9 Å². The van der Waals surface area contributed by atoms with Crippen molar-refractivity contribution in [2.45, 2.75) is 24.4 Å². The number of aromatic nitrogens is 1. The number of nitrogens with zero attached hydrogens (tertiary/aromatic N) is 2. The monoisotopic (exact) mass is 522 g/mol. The number of pyridine rings is 1. The van der Waals surface area contributed by atoms with Crippen molar-refractivity contribution in [3.8, 4) is 11.3 Å². The van der Waals surface area contributed by atoms with E-state index in [9.17, 15) is 31.1 Å². The molecule has 0 bridgehead atoms. The van der Waals surface area contributed by atoms with Crippen molar-refractivity contribution in [3.05, 3.63) is 71.8 Å². The van der Waals surface area contributed by atoms with Gasteiger partial charge in [-0.1, -0.05) is 24.3 Å². The Morgan fingerprint density at radius 2 is 1.73 bits per heavy atom. The van der Waals surface area contributed by atoms with Gasteiger partial charge in [0, 0.05) is 29.9 Å². The number of alkyl halides is 6. The Hall–Kier alpha value is -3.84. The van der Waals surface area contributed by atoms with E-state index in [1.807, 2.05) is 0 Å². The molecule has 3 aromatic rings. The van der Waals surface area contributed by atoms with Crippen LogP contribution in [0.2, 0.25) is 0 Å². The number of nitrogens with one attached hydrogen (secondary N) is 4. The molecule has 1 saturated heterocycles. The predicted molar refractivity (Wildman–Crippen MR) is 125 cm³/mol. The molecule has 5 rings (SSSR count). The molecule has 1 fully saturated rings. The van der Waals surface area contributed by atoms with Gasteiger partial charge in [-0.25, -0.2) is 20.6 Å². The summed E-state index contributed by atoms with van der Waals surface area (Å²) in [4.78, 5) is 19.0. The lowest BCUT2D eigenvalue weighted by atomic mass is 10.0. The zero-order valence-electron chi connectivity index (χ0n) is 19.0. The first kappa shape index (κ1) is 24.8. The second kappa shape index (κ2) is 8.92. The van der Waals surface area contributed by atoms with Gasteiger partial charge >= 0.3 is 18.4 Å². The summed E-state index contributed by atoms with van der Waals surface area (Å²) in [6.45, 7) is 0.739. The number of benzene rings is 2. The number of halogens is 6. The van der Waals surface area contributed by atoms with E-state index in [0.717, 1.165) is 12.1 Å². The normalized spacial score (nSPS) is 16.9. The predicted octanol–water partition coefficient (Wildman–Crippen LogP) is 5.44. The Balaban J connectivity index is 1.44. The number of hydrogen-bond donors (Lipinski definition) is 4. The van der Waals surface area contributed by atoms with Gasteiger partial charge in [0.2, 0.25) is 5.66 Å². The van der Waals surface area contributed by atoms with Crippen molar-refractivity contribution >= 4 is 23.2 Å². The minimum atomic E-state index is -4.60. The van der Waals surface area contributed by atoms with Crippen LogP contribution in [0.5, 0.6) is 0 Å². The zero-order valence-corrected chi connectivity index (χ0v) is 19.0. The first-order valence-corrected chi connectivity index (χ1v) is 11.2. The van der Waals surface area contributed by atoms with Crippen LogP contribution in [0.4, 0.5) is 48.3 Å². The molecule has 0 unspecified atom stereocenters. The van der Waals surface area contributed by atoms with Crippen molar-refractivity contribution < 1.29 is 31.1 Å². The molecule has 4 N–H and O–H groups in total. The van der Waals surface area contributed by atoms with Crippen LogP contribution in [-0.2, 0) is 11.8 Å². The molecule has 2 aliphatic heterocycles. The number of anilines is 3. The Kier molecular flexibility index (Phi) is 5.99. The quantitative estimate of drug-likeness (QED) is 0.271. The van der Waals surface area contributed by atoms with Gasteiger partial charge in [-0.05, 0) is 42.8 Å². The number of urea groups is 1. The fourth-order valence-electron chi connectivity index (χ4n) is 4.11. The van der Waals surface area contributed by atoms with Crippen LogP contribution in [0, 0.1) is 0 Å². The third-order valence-corrected chi connectivity index (χ3v) is 6.08. The maximum absolute atomic E-state index is 13.4. The van der Waals surface area contributed by atoms with Crippen LogP contribution in [0.25, 0.3) is 11.3 Å². The van der Waals surface area contributed by atoms with Gasteiger partial charge in [0.15, 0.2) is 5.82 Å². The van der Waals surface area contributed by atoms with Crippen LogP contribution in [0.1, 0.15) is 17.5 Å². The molecule has 194 valence electrons. The van der Waals surface area contributed by atoms with Crippen LogP contribution < -0.4 is 26.4 Å². The van der Waals surface area contributed by atoms with Crippen molar-refractivity contribution in [2.24, 2.45) is 0 Å². The van der Waals surface area contributed by atoms with E-state index >= 15 is 0 Å². The van der Waals surface area contributed by atoms with Crippen molar-refractivity contribution in [2.75, 3.05) is 28.6 Å². The van der Waals surface area contributed by atoms with Crippen molar-refractivity contribution in [1.29, 1.82) is 0 Å². The Morgan fingerprint density at radius 3 is 2.43 bits per heavy atom. The lowest BCUT2D eigenvalue weighted by Crippen LogP contribution is -2.37. The zero-order chi connectivity index (χ0) is 26.4. The van der Waals surface area contributed by atoms with E-state index < -0.39 is 29.6 Å². The summed E-state index contributed by atoms with van der Waals surface area (Å²) in [6.07, 6.45) is -8.59. The fraction of sp³-hybridized carbons (Fsp3) is 0.250. The molecule has 2 aromatic carbocycles. The average Bonchev–Trinajstić information content (AvgIpc) is 3.68. The molecule has 0 spiro atoms. The highest BCUT2D eigenvalue weighted by Gasteiger charge is 2.65. The molecule has 0 saturated carbocycles. The molecular weight excluding hydrogens is 502 g/mol. The van der Waals surface area contributed by atoms with E-state index in [1.165, 1.54) is 41.3 Å². The van der Waals surface area contributed by atoms with Gasteiger partial charge in [-0.2, -0.15) is 26.3 Å². The summed E-state index contributed by atoms with van der Waals surface area (Å²) in [6, 6.07) is 12.6. The summed E-state index contributed by atoms with van der Waals surface area (Å²) in [5.74, 6) is 0.193. The molecule has 37 heavy (non-hydrogen) atoms.